The molecular weight excluding hydrogens is 306 g/mol. The third-order valence-corrected chi connectivity index (χ3v) is 5.32. The van der Waals surface area contributed by atoms with E-state index in [1.54, 1.807) is 0 Å². The number of pyridine rings is 1. The van der Waals surface area contributed by atoms with Crippen LogP contribution in [0.4, 0.5) is 0 Å². The first-order chi connectivity index (χ1) is 12.3. The highest BCUT2D eigenvalue weighted by Gasteiger charge is 2.24. The first-order valence-electron chi connectivity index (χ1n) is 9.74. The van der Waals surface area contributed by atoms with Gasteiger partial charge in [0.2, 0.25) is 0 Å². The number of nitrogens with zero attached hydrogens (tertiary/aromatic N) is 3. The van der Waals surface area contributed by atoms with Crippen LogP contribution < -0.4 is 0 Å². The van der Waals surface area contributed by atoms with Gasteiger partial charge < -0.3 is 4.90 Å². The highest BCUT2D eigenvalue weighted by Crippen LogP contribution is 2.18. The van der Waals surface area contributed by atoms with Crippen molar-refractivity contribution in [3.8, 4) is 0 Å². The van der Waals surface area contributed by atoms with Crippen LogP contribution in [0.3, 0.4) is 0 Å². The first-order valence-corrected chi connectivity index (χ1v) is 9.74. The summed E-state index contributed by atoms with van der Waals surface area (Å²) >= 11 is 0. The van der Waals surface area contributed by atoms with Gasteiger partial charge in [-0.05, 0) is 68.6 Å². The van der Waals surface area contributed by atoms with Gasteiger partial charge in [0.05, 0.1) is 0 Å². The van der Waals surface area contributed by atoms with Gasteiger partial charge >= 0.3 is 0 Å². The lowest BCUT2D eigenvalue weighted by molar-refractivity contribution is 0.0952. The number of benzene rings is 1. The Balaban J connectivity index is 1.47. The van der Waals surface area contributed by atoms with Crippen molar-refractivity contribution in [2.24, 2.45) is 0 Å². The molecule has 3 rings (SSSR count). The number of piperidine rings is 1. The second-order valence-corrected chi connectivity index (χ2v) is 7.10. The van der Waals surface area contributed by atoms with Gasteiger partial charge in [-0.25, -0.2) is 0 Å². The summed E-state index contributed by atoms with van der Waals surface area (Å²) in [5.74, 6) is 0. The second kappa shape index (κ2) is 9.69. The summed E-state index contributed by atoms with van der Waals surface area (Å²) < 4.78 is 0. The molecule has 0 N–H and O–H groups in total. The van der Waals surface area contributed by atoms with Gasteiger partial charge in [0.15, 0.2) is 0 Å². The SMILES string of the molecule is CCN(Cc1ccncc1)C1CCCN(CCCc2ccccc2)C1. The maximum absolute atomic E-state index is 4.14. The minimum Gasteiger partial charge on any atom is -0.302 e. The zero-order chi connectivity index (χ0) is 17.3. The van der Waals surface area contributed by atoms with Crippen LogP contribution in [0.2, 0.25) is 0 Å². The van der Waals surface area contributed by atoms with Crippen molar-refractivity contribution in [2.45, 2.75) is 45.2 Å². The van der Waals surface area contributed by atoms with Gasteiger partial charge in [-0.15, -0.1) is 0 Å². The molecule has 1 saturated heterocycles. The van der Waals surface area contributed by atoms with E-state index in [4.69, 9.17) is 0 Å². The molecule has 1 aliphatic rings. The maximum Gasteiger partial charge on any atom is 0.0271 e. The molecule has 25 heavy (non-hydrogen) atoms. The number of hydrogen-bond acceptors (Lipinski definition) is 3. The van der Waals surface area contributed by atoms with Crippen molar-refractivity contribution >= 4 is 0 Å². The van der Waals surface area contributed by atoms with Crippen LogP contribution in [0.15, 0.2) is 54.9 Å². The Labute approximate surface area is 152 Å². The molecule has 0 radical (unpaired) electrons. The minimum atomic E-state index is 0.684. The van der Waals surface area contributed by atoms with Gasteiger partial charge in [0.25, 0.3) is 0 Å². The third kappa shape index (κ3) is 5.65. The molecule has 1 aromatic heterocycles. The first kappa shape index (κ1) is 18.1. The lowest BCUT2D eigenvalue weighted by atomic mass is 10.0. The van der Waals surface area contributed by atoms with Gasteiger partial charge in [-0.3, -0.25) is 9.88 Å². The van der Waals surface area contributed by atoms with E-state index in [0.29, 0.717) is 6.04 Å². The van der Waals surface area contributed by atoms with Crippen LogP contribution >= 0.6 is 0 Å². The highest BCUT2D eigenvalue weighted by atomic mass is 15.2. The lowest BCUT2D eigenvalue weighted by Gasteiger charge is -2.39. The van der Waals surface area contributed by atoms with E-state index in [1.165, 1.54) is 56.4 Å². The number of aromatic nitrogens is 1. The number of likely N-dealkylation sites (N-methyl/N-ethyl adjacent to an activating group) is 1. The van der Waals surface area contributed by atoms with Crippen molar-refractivity contribution in [1.29, 1.82) is 0 Å². The Morgan fingerprint density at radius 1 is 1.08 bits per heavy atom. The summed E-state index contributed by atoms with van der Waals surface area (Å²) in [6.45, 7) is 8.14. The van der Waals surface area contributed by atoms with Gasteiger partial charge in [0, 0.05) is 31.5 Å². The minimum absolute atomic E-state index is 0.684. The molecule has 3 nitrogen and oxygen atoms in total. The van der Waals surface area contributed by atoms with E-state index in [0.717, 1.165) is 13.1 Å². The summed E-state index contributed by atoms with van der Waals surface area (Å²) in [4.78, 5) is 9.45. The Bertz CT molecular complexity index is 599. The standard InChI is InChI=1S/C22H31N3/c1-2-25(18-21-12-14-23-15-13-21)22-11-7-17-24(19-22)16-6-10-20-8-4-3-5-9-20/h3-5,8-9,12-15,22H,2,6-7,10-11,16-19H2,1H3. The fourth-order valence-electron chi connectivity index (χ4n) is 3.91. The second-order valence-electron chi connectivity index (χ2n) is 7.10. The van der Waals surface area contributed by atoms with Crippen molar-refractivity contribution in [1.82, 2.24) is 14.8 Å². The van der Waals surface area contributed by atoms with E-state index in [-0.39, 0.29) is 0 Å². The number of hydrogen-bond donors (Lipinski definition) is 0. The summed E-state index contributed by atoms with van der Waals surface area (Å²) in [7, 11) is 0. The molecule has 1 unspecified atom stereocenters. The predicted octanol–water partition coefficient (Wildman–Crippen LogP) is 4.00. The van der Waals surface area contributed by atoms with Crippen LogP contribution in [0.25, 0.3) is 0 Å². The van der Waals surface area contributed by atoms with Crippen LogP contribution in [-0.4, -0.2) is 47.0 Å². The topological polar surface area (TPSA) is 19.4 Å². The van der Waals surface area contributed by atoms with E-state index in [9.17, 15) is 0 Å². The summed E-state index contributed by atoms with van der Waals surface area (Å²) in [6, 6.07) is 15.8. The van der Waals surface area contributed by atoms with E-state index in [1.807, 2.05) is 12.4 Å². The van der Waals surface area contributed by atoms with E-state index < -0.39 is 0 Å². The zero-order valence-electron chi connectivity index (χ0n) is 15.5. The van der Waals surface area contributed by atoms with Gasteiger partial charge in [-0.1, -0.05) is 37.3 Å². The summed E-state index contributed by atoms with van der Waals surface area (Å²) in [5, 5.41) is 0. The maximum atomic E-state index is 4.14. The van der Waals surface area contributed by atoms with Crippen LogP contribution in [0.5, 0.6) is 0 Å². The predicted molar refractivity (Wildman–Crippen MR) is 105 cm³/mol. The van der Waals surface area contributed by atoms with E-state index in [2.05, 4.69) is 64.2 Å². The number of aryl methyl sites for hydroxylation is 1. The number of likely N-dealkylation sites (tertiary alicyclic amines) is 1. The largest absolute Gasteiger partial charge is 0.302 e. The van der Waals surface area contributed by atoms with Crippen molar-refractivity contribution in [2.75, 3.05) is 26.2 Å². The van der Waals surface area contributed by atoms with Crippen molar-refractivity contribution < 1.29 is 0 Å². The molecule has 0 aliphatic carbocycles. The molecule has 1 atom stereocenters. The molecule has 3 heteroatoms. The normalized spacial score (nSPS) is 18.6. The third-order valence-electron chi connectivity index (χ3n) is 5.32. The molecule has 1 aromatic carbocycles. The van der Waals surface area contributed by atoms with Gasteiger partial charge in [-0.2, -0.15) is 0 Å². The quantitative estimate of drug-likeness (QED) is 0.726. The molecule has 2 aromatic rings. The van der Waals surface area contributed by atoms with Crippen molar-refractivity contribution in [3.05, 3.63) is 66.0 Å². The molecule has 0 amide bonds. The van der Waals surface area contributed by atoms with Crippen molar-refractivity contribution in [3.63, 3.8) is 0 Å². The van der Waals surface area contributed by atoms with Crippen LogP contribution in [-0.2, 0) is 13.0 Å². The Hall–Kier alpha value is -1.71. The Morgan fingerprint density at radius 2 is 1.88 bits per heavy atom. The molecule has 0 spiro atoms. The molecule has 134 valence electrons. The summed E-state index contributed by atoms with van der Waals surface area (Å²) in [5.41, 5.74) is 2.84. The average molecular weight is 338 g/mol. The van der Waals surface area contributed by atoms with E-state index >= 15 is 0 Å². The fraction of sp³-hybridized carbons (Fsp3) is 0.500. The molecule has 1 fully saturated rings. The smallest absolute Gasteiger partial charge is 0.0271 e. The highest BCUT2D eigenvalue weighted by molar-refractivity contribution is 5.14. The lowest BCUT2D eigenvalue weighted by Crippen LogP contribution is -2.47. The monoisotopic (exact) mass is 337 g/mol. The fourth-order valence-corrected chi connectivity index (χ4v) is 3.91. The van der Waals surface area contributed by atoms with Gasteiger partial charge in [0.1, 0.15) is 0 Å². The molecular formula is C22H31N3. The van der Waals surface area contributed by atoms with Crippen LogP contribution in [0.1, 0.15) is 37.3 Å². The molecule has 1 aliphatic heterocycles. The molecule has 0 saturated carbocycles. The summed E-state index contributed by atoms with van der Waals surface area (Å²) in [6.07, 6.45) is 8.90. The zero-order valence-corrected chi connectivity index (χ0v) is 15.5. The molecule has 0 bridgehead atoms. The number of rotatable bonds is 8. The Morgan fingerprint density at radius 3 is 2.64 bits per heavy atom. The average Bonchev–Trinajstić information content (AvgIpc) is 2.68. The van der Waals surface area contributed by atoms with Crippen LogP contribution in [0, 0.1) is 0 Å². The Kier molecular flexibility index (Phi) is 7.01. The molecule has 2 heterocycles.